The van der Waals surface area contributed by atoms with Gasteiger partial charge < -0.3 is 4.90 Å². The number of anilines is 2. The average Bonchev–Trinajstić information content (AvgIpc) is 2.98. The maximum absolute atomic E-state index is 12.7. The highest BCUT2D eigenvalue weighted by atomic mass is 16.2. The van der Waals surface area contributed by atoms with Crippen molar-refractivity contribution in [2.24, 2.45) is 4.99 Å². The first-order valence-electron chi connectivity index (χ1n) is 7.58. The summed E-state index contributed by atoms with van der Waals surface area (Å²) < 4.78 is 0. The van der Waals surface area contributed by atoms with E-state index in [0.717, 1.165) is 30.9 Å². The second kappa shape index (κ2) is 5.42. The second-order valence-corrected chi connectivity index (χ2v) is 5.72. The Morgan fingerprint density at radius 3 is 3.13 bits per heavy atom. The summed E-state index contributed by atoms with van der Waals surface area (Å²) in [5.41, 5.74) is 2.46. The topological polar surface area (TPSA) is 74.6 Å². The van der Waals surface area contributed by atoms with Crippen molar-refractivity contribution >= 4 is 23.8 Å². The molecule has 0 unspecified atom stereocenters. The van der Waals surface area contributed by atoms with E-state index < -0.39 is 0 Å². The first-order valence-corrected chi connectivity index (χ1v) is 7.58. The van der Waals surface area contributed by atoms with Crippen LogP contribution in [0.1, 0.15) is 17.8 Å². The molecule has 0 radical (unpaired) electrons. The van der Waals surface area contributed by atoms with Gasteiger partial charge in [-0.05, 0) is 25.5 Å². The summed E-state index contributed by atoms with van der Waals surface area (Å²) in [6.07, 6.45) is 7.11. The molecule has 7 heteroatoms. The minimum atomic E-state index is -0.304. The Hall–Kier alpha value is -2.83. The molecule has 2 aromatic heterocycles. The van der Waals surface area contributed by atoms with Gasteiger partial charge in [-0.1, -0.05) is 0 Å². The van der Waals surface area contributed by atoms with E-state index in [1.165, 1.54) is 6.21 Å². The quantitative estimate of drug-likeness (QED) is 0.751. The fourth-order valence-electron chi connectivity index (χ4n) is 3.11. The summed E-state index contributed by atoms with van der Waals surface area (Å²) in [6, 6.07) is 3.83. The molecule has 1 atom stereocenters. The molecule has 1 saturated heterocycles. The highest BCUT2D eigenvalue weighted by Crippen LogP contribution is 2.38. The maximum Gasteiger partial charge on any atom is 0.349 e. The van der Waals surface area contributed by atoms with E-state index in [2.05, 4.69) is 24.8 Å². The van der Waals surface area contributed by atoms with Gasteiger partial charge in [-0.2, -0.15) is 4.99 Å². The Morgan fingerprint density at radius 2 is 2.30 bits per heavy atom. The first kappa shape index (κ1) is 13.8. The van der Waals surface area contributed by atoms with Crippen LogP contribution in [-0.2, 0) is 0 Å². The standard InChI is InChI=1S/C16H16N6O/c1-11-2-3-14-15(20-11)22(13-4-7-21(14)10-13)16(23)19-9-12-8-17-5-6-18-12/h2-3,5-6,8-9,13H,4,7,10H2,1H3/b19-9+/t13-/m0/s1. The number of amides is 2. The van der Waals surface area contributed by atoms with Gasteiger partial charge in [-0.3, -0.25) is 14.9 Å². The second-order valence-electron chi connectivity index (χ2n) is 5.72. The van der Waals surface area contributed by atoms with Crippen molar-refractivity contribution < 1.29 is 4.79 Å². The molecule has 4 rings (SSSR count). The predicted octanol–water partition coefficient (Wildman–Crippen LogP) is 1.82. The number of hydrogen-bond donors (Lipinski definition) is 0. The number of aliphatic imine (C=N–C) groups is 1. The normalized spacial score (nSPS) is 19.3. The largest absolute Gasteiger partial charge is 0.366 e. The van der Waals surface area contributed by atoms with Gasteiger partial charge in [0.1, 0.15) is 0 Å². The number of rotatable bonds is 1. The summed E-state index contributed by atoms with van der Waals surface area (Å²) in [5.74, 6) is 0.708. The van der Waals surface area contributed by atoms with Gasteiger partial charge in [0.25, 0.3) is 0 Å². The third-order valence-electron chi connectivity index (χ3n) is 4.19. The number of carbonyl (C=O) groups excluding carboxylic acids is 1. The average molecular weight is 308 g/mol. The van der Waals surface area contributed by atoms with E-state index in [9.17, 15) is 4.79 Å². The van der Waals surface area contributed by atoms with Gasteiger partial charge in [0.15, 0.2) is 5.82 Å². The number of nitrogens with zero attached hydrogens (tertiary/aromatic N) is 6. The van der Waals surface area contributed by atoms with E-state index in [1.807, 2.05) is 19.1 Å². The minimum absolute atomic E-state index is 0.128. The molecule has 2 amide bonds. The molecule has 2 bridgehead atoms. The molecule has 0 aliphatic carbocycles. The smallest absolute Gasteiger partial charge is 0.349 e. The molecule has 23 heavy (non-hydrogen) atoms. The molecule has 7 nitrogen and oxygen atoms in total. The van der Waals surface area contributed by atoms with Crippen molar-refractivity contribution in [2.75, 3.05) is 22.9 Å². The van der Waals surface area contributed by atoms with Crippen molar-refractivity contribution in [1.82, 2.24) is 15.0 Å². The van der Waals surface area contributed by atoms with E-state index in [0.29, 0.717) is 11.5 Å². The maximum atomic E-state index is 12.7. The van der Waals surface area contributed by atoms with Crippen LogP contribution in [-0.4, -0.2) is 46.3 Å². The van der Waals surface area contributed by atoms with Crippen LogP contribution in [0.4, 0.5) is 16.3 Å². The van der Waals surface area contributed by atoms with E-state index in [-0.39, 0.29) is 12.1 Å². The van der Waals surface area contributed by atoms with Crippen LogP contribution in [0.2, 0.25) is 0 Å². The molecule has 2 aliphatic rings. The number of pyridine rings is 1. The Morgan fingerprint density at radius 1 is 1.39 bits per heavy atom. The number of fused-ring (bicyclic) bond motifs is 4. The van der Waals surface area contributed by atoms with E-state index in [4.69, 9.17) is 0 Å². The van der Waals surface area contributed by atoms with Gasteiger partial charge in [0, 0.05) is 31.2 Å². The molecular formula is C16H16N6O. The SMILES string of the molecule is Cc1ccc2c(n1)N(C(=O)/N=C/c1cnccn1)[C@H]1CCN2C1. The molecular weight excluding hydrogens is 292 g/mol. The molecule has 2 aromatic rings. The third-order valence-corrected chi connectivity index (χ3v) is 4.19. The lowest BCUT2D eigenvalue weighted by Gasteiger charge is -2.34. The number of urea groups is 1. The fraction of sp³-hybridized carbons (Fsp3) is 0.312. The Bertz CT molecular complexity index is 775. The molecule has 0 saturated carbocycles. The summed E-state index contributed by atoms with van der Waals surface area (Å²) in [6.45, 7) is 3.71. The Balaban J connectivity index is 1.67. The molecule has 1 fully saturated rings. The molecule has 2 aliphatic heterocycles. The lowest BCUT2D eigenvalue weighted by molar-refractivity contribution is 0.252. The van der Waals surface area contributed by atoms with E-state index in [1.54, 1.807) is 23.5 Å². The zero-order valence-corrected chi connectivity index (χ0v) is 12.8. The zero-order valence-electron chi connectivity index (χ0n) is 12.8. The third kappa shape index (κ3) is 2.44. The van der Waals surface area contributed by atoms with Crippen molar-refractivity contribution in [2.45, 2.75) is 19.4 Å². The highest BCUT2D eigenvalue weighted by molar-refractivity contribution is 6.01. The molecule has 0 aromatic carbocycles. The van der Waals surface area contributed by atoms with Crippen LogP contribution in [0.3, 0.4) is 0 Å². The molecule has 4 heterocycles. The van der Waals surface area contributed by atoms with Crippen molar-refractivity contribution in [1.29, 1.82) is 0 Å². The van der Waals surface area contributed by atoms with Crippen LogP contribution in [0.5, 0.6) is 0 Å². The van der Waals surface area contributed by atoms with Crippen LogP contribution in [0.25, 0.3) is 0 Å². The van der Waals surface area contributed by atoms with Crippen LogP contribution in [0, 0.1) is 6.92 Å². The molecule has 0 N–H and O–H groups in total. The van der Waals surface area contributed by atoms with Gasteiger partial charge >= 0.3 is 6.03 Å². The van der Waals surface area contributed by atoms with Gasteiger partial charge in [-0.25, -0.2) is 9.78 Å². The van der Waals surface area contributed by atoms with E-state index >= 15 is 0 Å². The molecule has 0 spiro atoms. The Labute approximate surface area is 133 Å². The zero-order chi connectivity index (χ0) is 15.8. The summed E-state index contributed by atoms with van der Waals surface area (Å²) >= 11 is 0. The van der Waals surface area contributed by atoms with Gasteiger partial charge in [0.05, 0.1) is 29.8 Å². The van der Waals surface area contributed by atoms with Crippen molar-refractivity contribution in [3.63, 3.8) is 0 Å². The highest BCUT2D eigenvalue weighted by Gasteiger charge is 2.39. The monoisotopic (exact) mass is 308 g/mol. The first-order chi connectivity index (χ1) is 11.2. The number of hydrogen-bond acceptors (Lipinski definition) is 5. The fourth-order valence-corrected chi connectivity index (χ4v) is 3.11. The van der Waals surface area contributed by atoms with Gasteiger partial charge in [0.2, 0.25) is 0 Å². The lowest BCUT2D eigenvalue weighted by atomic mass is 10.2. The summed E-state index contributed by atoms with van der Waals surface area (Å²) in [7, 11) is 0. The minimum Gasteiger partial charge on any atom is -0.366 e. The predicted molar refractivity (Wildman–Crippen MR) is 87.1 cm³/mol. The van der Waals surface area contributed by atoms with Crippen molar-refractivity contribution in [3.8, 4) is 0 Å². The van der Waals surface area contributed by atoms with Crippen LogP contribution in [0.15, 0.2) is 35.7 Å². The van der Waals surface area contributed by atoms with Crippen LogP contribution >= 0.6 is 0 Å². The van der Waals surface area contributed by atoms with Crippen molar-refractivity contribution in [3.05, 3.63) is 42.1 Å². The summed E-state index contributed by atoms with van der Waals surface area (Å²) in [5, 5.41) is 0. The Kier molecular flexibility index (Phi) is 3.25. The number of aromatic nitrogens is 3. The number of aryl methyl sites for hydroxylation is 1. The summed E-state index contributed by atoms with van der Waals surface area (Å²) in [4.78, 5) is 33.4. The lowest BCUT2D eigenvalue weighted by Crippen LogP contribution is -2.45. The molecule has 116 valence electrons. The van der Waals surface area contributed by atoms with Crippen LogP contribution < -0.4 is 9.80 Å². The van der Waals surface area contributed by atoms with Gasteiger partial charge in [-0.15, -0.1) is 0 Å². The number of carbonyl (C=O) groups is 1.